The molecule has 0 aliphatic rings. The summed E-state index contributed by atoms with van der Waals surface area (Å²) in [5.74, 6) is -5.78. The van der Waals surface area contributed by atoms with Gasteiger partial charge in [0, 0.05) is 16.1 Å². The number of hydrogen-bond acceptors (Lipinski definition) is 4. The second-order valence-corrected chi connectivity index (χ2v) is 8.12. The van der Waals surface area contributed by atoms with E-state index in [9.17, 15) is 26.7 Å². The summed E-state index contributed by atoms with van der Waals surface area (Å²) in [5, 5.41) is 9.47. The lowest BCUT2D eigenvalue weighted by Crippen LogP contribution is -2.13. The van der Waals surface area contributed by atoms with Gasteiger partial charge in [-0.3, -0.25) is 4.79 Å². The van der Waals surface area contributed by atoms with Crippen LogP contribution in [0.25, 0.3) is 11.3 Å². The standard InChI is InChI=1S/C21H15ClF5NO3S/c1-9-13(10(2)20(29)30)7-15(23)18(16(9)24)31-8-14-17(11-3-5-12(22)6-4-11)28-32-19(14)21(25,26)27/h3-7,10H,8H2,1-2H3,(H,29,30). The average Bonchev–Trinajstić information content (AvgIpc) is 3.15. The highest BCUT2D eigenvalue weighted by Crippen LogP contribution is 2.41. The Morgan fingerprint density at radius 3 is 2.44 bits per heavy atom. The van der Waals surface area contributed by atoms with Gasteiger partial charge in [-0.25, -0.2) is 8.78 Å². The van der Waals surface area contributed by atoms with Gasteiger partial charge >= 0.3 is 12.1 Å². The van der Waals surface area contributed by atoms with Gasteiger partial charge in [0.1, 0.15) is 11.5 Å². The Kier molecular flexibility index (Phi) is 6.75. The molecule has 0 amide bonds. The monoisotopic (exact) mass is 491 g/mol. The molecule has 0 aliphatic heterocycles. The minimum Gasteiger partial charge on any atom is -0.483 e. The number of halogens is 6. The van der Waals surface area contributed by atoms with Crippen molar-refractivity contribution in [3.63, 3.8) is 0 Å². The van der Waals surface area contributed by atoms with E-state index in [0.29, 0.717) is 10.6 Å². The van der Waals surface area contributed by atoms with Gasteiger partial charge in [-0.2, -0.15) is 17.5 Å². The Balaban J connectivity index is 2.01. The quantitative estimate of drug-likeness (QED) is 0.384. The van der Waals surface area contributed by atoms with Crippen LogP contribution < -0.4 is 4.74 Å². The van der Waals surface area contributed by atoms with Gasteiger partial charge < -0.3 is 9.84 Å². The molecule has 1 N–H and O–H groups in total. The number of ether oxygens (including phenoxy) is 1. The van der Waals surface area contributed by atoms with Gasteiger partial charge in [0.2, 0.25) is 0 Å². The zero-order valence-corrected chi connectivity index (χ0v) is 18.1. The number of carboxylic acid groups (broad SMARTS) is 1. The SMILES string of the molecule is Cc1c(C(C)C(=O)O)cc(F)c(OCc2c(-c3ccc(Cl)cc3)nsc2C(F)(F)F)c1F. The zero-order valence-electron chi connectivity index (χ0n) is 16.6. The third-order valence-corrected chi connectivity index (χ3v) is 6.01. The van der Waals surface area contributed by atoms with Crippen molar-refractivity contribution in [3.8, 4) is 17.0 Å². The number of aromatic nitrogens is 1. The van der Waals surface area contributed by atoms with E-state index < -0.39 is 46.9 Å². The van der Waals surface area contributed by atoms with Crippen molar-refractivity contribution in [1.82, 2.24) is 4.37 Å². The molecule has 3 rings (SSSR count). The molecular weight excluding hydrogens is 477 g/mol. The topological polar surface area (TPSA) is 59.4 Å². The molecule has 0 spiro atoms. The molecule has 4 nitrogen and oxygen atoms in total. The molecule has 3 aromatic rings. The molecule has 0 aliphatic carbocycles. The average molecular weight is 492 g/mol. The van der Waals surface area contributed by atoms with Crippen molar-refractivity contribution >= 4 is 29.1 Å². The fourth-order valence-electron chi connectivity index (χ4n) is 3.07. The summed E-state index contributed by atoms with van der Waals surface area (Å²) >= 11 is 6.02. The molecule has 1 aromatic heterocycles. The van der Waals surface area contributed by atoms with Gasteiger partial charge in [0.25, 0.3) is 0 Å². The highest BCUT2D eigenvalue weighted by molar-refractivity contribution is 7.06. The maximum absolute atomic E-state index is 14.8. The molecule has 1 atom stereocenters. The molecule has 0 saturated carbocycles. The van der Waals surface area contributed by atoms with E-state index in [0.717, 1.165) is 6.07 Å². The number of hydrogen-bond donors (Lipinski definition) is 1. The number of carboxylic acids is 1. The summed E-state index contributed by atoms with van der Waals surface area (Å²) < 4.78 is 78.8. The molecule has 0 saturated heterocycles. The van der Waals surface area contributed by atoms with Crippen LogP contribution in [0.2, 0.25) is 5.02 Å². The molecule has 1 unspecified atom stereocenters. The highest BCUT2D eigenvalue weighted by atomic mass is 35.5. The second-order valence-electron chi connectivity index (χ2n) is 6.91. The van der Waals surface area contributed by atoms with Crippen LogP contribution in [0.3, 0.4) is 0 Å². The zero-order chi connectivity index (χ0) is 23.8. The number of carbonyl (C=O) groups is 1. The van der Waals surface area contributed by atoms with Gasteiger partial charge in [0.15, 0.2) is 17.4 Å². The van der Waals surface area contributed by atoms with Crippen molar-refractivity contribution in [3.05, 3.63) is 68.6 Å². The lowest BCUT2D eigenvalue weighted by Gasteiger charge is -2.16. The maximum Gasteiger partial charge on any atom is 0.427 e. The number of aliphatic carboxylic acids is 1. The van der Waals surface area contributed by atoms with Crippen LogP contribution >= 0.6 is 23.1 Å². The Bertz CT molecular complexity index is 1160. The van der Waals surface area contributed by atoms with Crippen molar-refractivity contribution in [2.24, 2.45) is 0 Å². The van der Waals surface area contributed by atoms with E-state index in [-0.39, 0.29) is 33.9 Å². The second kappa shape index (κ2) is 9.03. The van der Waals surface area contributed by atoms with Crippen LogP contribution in [0.4, 0.5) is 22.0 Å². The number of benzene rings is 2. The van der Waals surface area contributed by atoms with Gasteiger partial charge in [-0.1, -0.05) is 23.7 Å². The smallest absolute Gasteiger partial charge is 0.427 e. The van der Waals surface area contributed by atoms with Crippen molar-refractivity contribution in [2.75, 3.05) is 0 Å². The summed E-state index contributed by atoms with van der Waals surface area (Å²) in [6.45, 7) is 1.68. The van der Waals surface area contributed by atoms with Crippen LogP contribution in [0.15, 0.2) is 30.3 Å². The van der Waals surface area contributed by atoms with Crippen molar-refractivity contribution in [2.45, 2.75) is 32.5 Å². The fraction of sp³-hybridized carbons (Fsp3) is 0.238. The van der Waals surface area contributed by atoms with Crippen molar-refractivity contribution in [1.29, 1.82) is 0 Å². The molecule has 0 radical (unpaired) electrons. The third kappa shape index (κ3) is 4.71. The molecule has 0 fully saturated rings. The molecule has 0 bridgehead atoms. The van der Waals surface area contributed by atoms with E-state index >= 15 is 0 Å². The van der Waals surface area contributed by atoms with E-state index in [1.165, 1.54) is 38.1 Å². The molecule has 11 heteroatoms. The minimum atomic E-state index is -4.76. The van der Waals surface area contributed by atoms with Gasteiger partial charge in [-0.15, -0.1) is 0 Å². The van der Waals surface area contributed by atoms with Gasteiger partial charge in [0.05, 0.1) is 11.6 Å². The third-order valence-electron chi connectivity index (χ3n) is 4.82. The van der Waals surface area contributed by atoms with Crippen molar-refractivity contribution < 1.29 is 36.6 Å². The fourth-order valence-corrected chi connectivity index (χ4v) is 3.97. The van der Waals surface area contributed by atoms with Crippen LogP contribution in [-0.2, 0) is 17.6 Å². The molecule has 32 heavy (non-hydrogen) atoms. The van der Waals surface area contributed by atoms with E-state index in [1.807, 2.05) is 0 Å². The van der Waals surface area contributed by atoms with E-state index in [4.69, 9.17) is 21.4 Å². The van der Waals surface area contributed by atoms with Gasteiger partial charge in [-0.05, 0) is 54.7 Å². The number of nitrogens with zero attached hydrogens (tertiary/aromatic N) is 1. The van der Waals surface area contributed by atoms with Crippen LogP contribution in [0.1, 0.15) is 34.4 Å². The summed E-state index contributed by atoms with van der Waals surface area (Å²) in [6.07, 6.45) is -4.76. The lowest BCUT2D eigenvalue weighted by molar-refractivity contribution is -0.138. The molecule has 170 valence electrons. The summed E-state index contributed by atoms with van der Waals surface area (Å²) in [6, 6.07) is 6.68. The number of rotatable bonds is 6. The van der Waals surface area contributed by atoms with E-state index in [1.54, 1.807) is 0 Å². The Morgan fingerprint density at radius 2 is 1.88 bits per heavy atom. The predicted molar refractivity (Wildman–Crippen MR) is 109 cm³/mol. The first-order chi connectivity index (χ1) is 14.9. The first-order valence-electron chi connectivity index (χ1n) is 9.07. The maximum atomic E-state index is 14.8. The minimum absolute atomic E-state index is 0.0485. The molecule has 2 aromatic carbocycles. The van der Waals surface area contributed by atoms with Crippen LogP contribution in [0, 0.1) is 18.6 Å². The number of alkyl halides is 3. The summed E-state index contributed by atoms with van der Waals surface area (Å²) in [4.78, 5) is 10.1. The van der Waals surface area contributed by atoms with Crippen LogP contribution in [-0.4, -0.2) is 15.4 Å². The first kappa shape index (κ1) is 23.9. The first-order valence-corrected chi connectivity index (χ1v) is 10.2. The van der Waals surface area contributed by atoms with E-state index in [2.05, 4.69) is 4.37 Å². The predicted octanol–water partition coefficient (Wildman–Crippen LogP) is 6.84. The lowest BCUT2D eigenvalue weighted by atomic mass is 9.95. The molecular formula is C21H15ClF5NO3S. The Hall–Kier alpha value is -2.72. The Labute approximate surface area is 188 Å². The van der Waals surface area contributed by atoms with Crippen LogP contribution in [0.5, 0.6) is 5.75 Å². The normalized spacial score (nSPS) is 12.6. The highest BCUT2D eigenvalue weighted by Gasteiger charge is 2.38. The largest absolute Gasteiger partial charge is 0.483 e. The summed E-state index contributed by atoms with van der Waals surface area (Å²) in [5.41, 5.74) is -0.386. The summed E-state index contributed by atoms with van der Waals surface area (Å²) in [7, 11) is 0. The Morgan fingerprint density at radius 1 is 1.25 bits per heavy atom. The molecule has 1 heterocycles.